The van der Waals surface area contributed by atoms with E-state index in [9.17, 15) is 4.79 Å². The minimum absolute atomic E-state index is 0. The fraction of sp³-hybridized carbons (Fsp3) is 0.500. The first-order valence-electron chi connectivity index (χ1n) is 6.18. The molecule has 18 heavy (non-hydrogen) atoms. The van der Waals surface area contributed by atoms with Gasteiger partial charge >= 0.3 is 5.97 Å². The largest absolute Gasteiger partial charge is 0.466 e. The molecule has 1 aromatic carbocycles. The predicted molar refractivity (Wildman–Crippen MR) is 76.1 cm³/mol. The molecule has 0 aliphatic carbocycles. The molecule has 0 saturated heterocycles. The highest BCUT2D eigenvalue weighted by Gasteiger charge is 2.19. The summed E-state index contributed by atoms with van der Waals surface area (Å²) in [6, 6.07) is 8.06. The van der Waals surface area contributed by atoms with E-state index in [4.69, 9.17) is 10.5 Å². The zero-order valence-electron chi connectivity index (χ0n) is 11.0. The maximum Gasteiger partial charge on any atom is 0.313 e. The number of nitrogens with two attached hydrogens (primary N) is 1. The summed E-state index contributed by atoms with van der Waals surface area (Å²) in [7, 11) is 0. The van der Waals surface area contributed by atoms with Crippen LogP contribution in [0.1, 0.15) is 37.3 Å². The molecular weight excluding hydrogens is 250 g/mol. The molecule has 0 aliphatic rings. The van der Waals surface area contributed by atoms with E-state index >= 15 is 0 Å². The van der Waals surface area contributed by atoms with Crippen LogP contribution < -0.4 is 5.73 Å². The molecule has 1 atom stereocenters. The molecule has 0 fully saturated rings. The Bertz CT molecular complexity index is 351. The third kappa shape index (κ3) is 4.67. The molecule has 2 N–H and O–H groups in total. The average molecular weight is 272 g/mol. The lowest BCUT2D eigenvalue weighted by atomic mass is 9.95. The molecule has 102 valence electrons. The van der Waals surface area contributed by atoms with Gasteiger partial charge in [-0.05, 0) is 37.4 Å². The number of rotatable bonds is 6. The van der Waals surface area contributed by atoms with Gasteiger partial charge < -0.3 is 10.5 Å². The van der Waals surface area contributed by atoms with Gasteiger partial charge in [0.1, 0.15) is 0 Å². The molecule has 3 nitrogen and oxygen atoms in total. The monoisotopic (exact) mass is 271 g/mol. The highest BCUT2D eigenvalue weighted by molar-refractivity contribution is 5.85. The lowest BCUT2D eigenvalue weighted by Gasteiger charge is -2.14. The molecule has 0 spiro atoms. The quantitative estimate of drug-likeness (QED) is 0.810. The summed E-state index contributed by atoms with van der Waals surface area (Å²) in [6.45, 7) is 4.90. The van der Waals surface area contributed by atoms with Crippen molar-refractivity contribution in [2.24, 2.45) is 5.73 Å². The van der Waals surface area contributed by atoms with Crippen LogP contribution in [0.4, 0.5) is 0 Å². The minimum atomic E-state index is -0.151. The Balaban J connectivity index is 0.00000289. The minimum Gasteiger partial charge on any atom is -0.466 e. The van der Waals surface area contributed by atoms with Gasteiger partial charge in [-0.1, -0.05) is 31.2 Å². The third-order valence-corrected chi connectivity index (χ3v) is 2.79. The van der Waals surface area contributed by atoms with Crippen molar-refractivity contribution in [2.45, 2.75) is 32.6 Å². The summed E-state index contributed by atoms with van der Waals surface area (Å²) < 4.78 is 5.07. The molecule has 0 heterocycles. The fourth-order valence-electron chi connectivity index (χ4n) is 1.86. The smallest absolute Gasteiger partial charge is 0.313 e. The van der Waals surface area contributed by atoms with Crippen LogP contribution in [0.5, 0.6) is 0 Å². The molecule has 0 aromatic heterocycles. The highest BCUT2D eigenvalue weighted by Crippen LogP contribution is 2.21. The Labute approximate surface area is 115 Å². The normalized spacial score (nSPS) is 11.5. The average Bonchev–Trinajstić information content (AvgIpc) is 2.33. The van der Waals surface area contributed by atoms with Gasteiger partial charge in [0, 0.05) is 0 Å². The van der Waals surface area contributed by atoms with Crippen LogP contribution in [-0.4, -0.2) is 19.1 Å². The van der Waals surface area contributed by atoms with Crippen molar-refractivity contribution < 1.29 is 9.53 Å². The van der Waals surface area contributed by atoms with E-state index < -0.39 is 0 Å². The molecule has 4 heteroatoms. The van der Waals surface area contributed by atoms with Crippen molar-refractivity contribution in [3.8, 4) is 0 Å². The standard InChI is InChI=1S/C14H21NO2.ClH/c1-3-13(14(16)17-4-2)12-7-5-11(6-8-12)9-10-15;/h5-8,13H,3-4,9-10,15H2,1-2H3;1H. The van der Waals surface area contributed by atoms with Crippen LogP contribution in [0.15, 0.2) is 24.3 Å². The van der Waals surface area contributed by atoms with Crippen molar-refractivity contribution in [1.82, 2.24) is 0 Å². The van der Waals surface area contributed by atoms with E-state index in [1.54, 1.807) is 0 Å². The molecule has 1 rings (SSSR count). The van der Waals surface area contributed by atoms with E-state index in [1.807, 2.05) is 38.1 Å². The molecule has 0 bridgehead atoms. The summed E-state index contributed by atoms with van der Waals surface area (Å²) in [5, 5.41) is 0. The number of hydrogen-bond acceptors (Lipinski definition) is 3. The van der Waals surface area contributed by atoms with Crippen LogP contribution in [0.3, 0.4) is 0 Å². The first kappa shape index (κ1) is 16.9. The summed E-state index contributed by atoms with van der Waals surface area (Å²) >= 11 is 0. The molecule has 0 saturated carbocycles. The first-order chi connectivity index (χ1) is 8.22. The number of halogens is 1. The lowest BCUT2D eigenvalue weighted by Crippen LogP contribution is -2.15. The van der Waals surface area contributed by atoms with Crippen LogP contribution in [0, 0.1) is 0 Å². The Morgan fingerprint density at radius 1 is 1.28 bits per heavy atom. The summed E-state index contributed by atoms with van der Waals surface area (Å²) in [5.41, 5.74) is 7.72. The number of esters is 1. The topological polar surface area (TPSA) is 52.3 Å². The SMILES string of the molecule is CCOC(=O)C(CC)c1ccc(CCN)cc1.Cl. The van der Waals surface area contributed by atoms with Crippen LogP contribution >= 0.6 is 12.4 Å². The Morgan fingerprint density at radius 3 is 2.33 bits per heavy atom. The fourth-order valence-corrected chi connectivity index (χ4v) is 1.86. The second kappa shape index (κ2) is 8.95. The summed E-state index contributed by atoms with van der Waals surface area (Å²) in [4.78, 5) is 11.7. The van der Waals surface area contributed by atoms with Crippen LogP contribution in [0.25, 0.3) is 0 Å². The van der Waals surface area contributed by atoms with Crippen molar-refractivity contribution >= 4 is 18.4 Å². The van der Waals surface area contributed by atoms with Gasteiger partial charge in [-0.2, -0.15) is 0 Å². The van der Waals surface area contributed by atoms with Gasteiger partial charge in [0.2, 0.25) is 0 Å². The second-order valence-electron chi connectivity index (χ2n) is 3.99. The van der Waals surface area contributed by atoms with Gasteiger partial charge in [-0.25, -0.2) is 0 Å². The zero-order valence-corrected chi connectivity index (χ0v) is 11.8. The number of benzene rings is 1. The molecule has 1 aromatic rings. The van der Waals surface area contributed by atoms with Crippen LogP contribution in [0.2, 0.25) is 0 Å². The van der Waals surface area contributed by atoms with Crippen molar-refractivity contribution in [3.05, 3.63) is 35.4 Å². The van der Waals surface area contributed by atoms with Gasteiger partial charge in [-0.3, -0.25) is 4.79 Å². The zero-order chi connectivity index (χ0) is 12.7. The van der Waals surface area contributed by atoms with E-state index in [0.717, 1.165) is 18.4 Å². The second-order valence-corrected chi connectivity index (χ2v) is 3.99. The van der Waals surface area contributed by atoms with E-state index in [2.05, 4.69) is 0 Å². The number of carbonyl (C=O) groups excluding carboxylic acids is 1. The number of carbonyl (C=O) groups is 1. The Morgan fingerprint density at radius 2 is 1.89 bits per heavy atom. The van der Waals surface area contributed by atoms with E-state index in [-0.39, 0.29) is 24.3 Å². The third-order valence-electron chi connectivity index (χ3n) is 2.79. The maximum absolute atomic E-state index is 11.7. The number of ether oxygens (including phenoxy) is 1. The van der Waals surface area contributed by atoms with Crippen molar-refractivity contribution in [2.75, 3.05) is 13.2 Å². The molecule has 1 unspecified atom stereocenters. The Kier molecular flexibility index (Phi) is 8.42. The summed E-state index contributed by atoms with van der Waals surface area (Å²) in [6.07, 6.45) is 1.63. The first-order valence-corrected chi connectivity index (χ1v) is 6.18. The van der Waals surface area contributed by atoms with Gasteiger partial charge in [0.25, 0.3) is 0 Å². The van der Waals surface area contributed by atoms with Gasteiger partial charge in [0.15, 0.2) is 0 Å². The van der Waals surface area contributed by atoms with Crippen LogP contribution in [-0.2, 0) is 16.0 Å². The van der Waals surface area contributed by atoms with E-state index in [0.29, 0.717) is 13.2 Å². The molecule has 0 amide bonds. The van der Waals surface area contributed by atoms with Gasteiger partial charge in [0.05, 0.1) is 12.5 Å². The molecular formula is C14H22ClNO2. The Hall–Kier alpha value is -1.06. The lowest BCUT2D eigenvalue weighted by molar-refractivity contribution is -0.145. The van der Waals surface area contributed by atoms with Gasteiger partial charge in [-0.15, -0.1) is 12.4 Å². The highest BCUT2D eigenvalue weighted by atomic mass is 35.5. The predicted octanol–water partition coefficient (Wildman–Crippen LogP) is 2.67. The maximum atomic E-state index is 11.7. The van der Waals surface area contributed by atoms with Crippen molar-refractivity contribution in [1.29, 1.82) is 0 Å². The molecule has 0 aliphatic heterocycles. The number of hydrogen-bond donors (Lipinski definition) is 1. The van der Waals surface area contributed by atoms with Crippen molar-refractivity contribution in [3.63, 3.8) is 0 Å². The molecule has 0 radical (unpaired) electrons. The summed E-state index contributed by atoms with van der Waals surface area (Å²) in [5.74, 6) is -0.288. The van der Waals surface area contributed by atoms with E-state index in [1.165, 1.54) is 5.56 Å².